The maximum Gasteiger partial charge on any atom is 0.216 e. The number of phenolic OH excluding ortho intramolecular Hbond substituents is 1. The summed E-state index contributed by atoms with van der Waals surface area (Å²) in [5.41, 5.74) is 1.34. The number of hydrogen-bond acceptors (Lipinski definition) is 5. The van der Waals surface area contributed by atoms with E-state index in [2.05, 4.69) is 31.2 Å². The zero-order chi connectivity index (χ0) is 18.0. The number of methoxy groups -OCH3 is 1. The van der Waals surface area contributed by atoms with Crippen LogP contribution in [0.25, 0.3) is 11.4 Å². The minimum Gasteiger partial charge on any atom is -0.503 e. The van der Waals surface area contributed by atoms with E-state index in [0.717, 1.165) is 0 Å². The zero-order valence-electron chi connectivity index (χ0n) is 12.9. The first-order chi connectivity index (χ1) is 12.0. The Morgan fingerprint density at radius 1 is 1.36 bits per heavy atom. The van der Waals surface area contributed by atoms with Gasteiger partial charge in [-0.05, 0) is 70.1 Å². The SMILES string of the molecule is COc1cc(/C=N/n2c(-c3ccc(F)cc3)n[nH]c2=S)cc(Br)c1O. The number of nitrogens with one attached hydrogen (secondary N) is 1. The van der Waals surface area contributed by atoms with Gasteiger partial charge < -0.3 is 9.84 Å². The number of H-pyrrole nitrogens is 1. The maximum absolute atomic E-state index is 13.1. The topological polar surface area (TPSA) is 75.4 Å². The maximum atomic E-state index is 13.1. The highest BCUT2D eigenvalue weighted by Crippen LogP contribution is 2.34. The molecule has 0 saturated carbocycles. The number of aromatic hydroxyl groups is 1. The predicted molar refractivity (Wildman–Crippen MR) is 98.2 cm³/mol. The summed E-state index contributed by atoms with van der Waals surface area (Å²) in [6.07, 6.45) is 1.55. The molecular weight excluding hydrogens is 411 g/mol. The molecular formula is C16H12BrFN4O2S. The molecule has 0 aliphatic rings. The van der Waals surface area contributed by atoms with Crippen LogP contribution in [0.5, 0.6) is 11.5 Å². The molecule has 25 heavy (non-hydrogen) atoms. The number of aromatic nitrogens is 3. The van der Waals surface area contributed by atoms with Gasteiger partial charge >= 0.3 is 0 Å². The number of benzene rings is 2. The number of aromatic amines is 1. The molecule has 0 radical (unpaired) electrons. The molecule has 6 nitrogen and oxygen atoms in total. The van der Waals surface area contributed by atoms with E-state index in [0.29, 0.717) is 31.9 Å². The van der Waals surface area contributed by atoms with Crippen molar-refractivity contribution in [3.05, 3.63) is 57.0 Å². The second-order valence-electron chi connectivity index (χ2n) is 4.97. The van der Waals surface area contributed by atoms with Crippen LogP contribution >= 0.6 is 28.1 Å². The minimum absolute atomic E-state index is 0.00609. The van der Waals surface area contributed by atoms with E-state index < -0.39 is 0 Å². The molecule has 1 heterocycles. The highest BCUT2D eigenvalue weighted by molar-refractivity contribution is 9.10. The average Bonchev–Trinajstić information content (AvgIpc) is 2.97. The Morgan fingerprint density at radius 3 is 2.76 bits per heavy atom. The van der Waals surface area contributed by atoms with E-state index >= 15 is 0 Å². The summed E-state index contributed by atoms with van der Waals surface area (Å²) in [7, 11) is 1.46. The summed E-state index contributed by atoms with van der Waals surface area (Å²) in [4.78, 5) is 0. The normalized spacial score (nSPS) is 11.2. The van der Waals surface area contributed by atoms with Crippen molar-refractivity contribution in [3.8, 4) is 22.9 Å². The number of hydrogen-bond donors (Lipinski definition) is 2. The van der Waals surface area contributed by atoms with Gasteiger partial charge in [0, 0.05) is 5.56 Å². The van der Waals surface area contributed by atoms with E-state index in [1.807, 2.05) is 0 Å². The molecule has 0 unspecified atom stereocenters. The van der Waals surface area contributed by atoms with Crippen LogP contribution in [-0.4, -0.2) is 33.3 Å². The lowest BCUT2D eigenvalue weighted by atomic mass is 10.2. The monoisotopic (exact) mass is 422 g/mol. The van der Waals surface area contributed by atoms with Crippen molar-refractivity contribution in [2.75, 3.05) is 7.11 Å². The van der Waals surface area contributed by atoms with Crippen LogP contribution in [0.4, 0.5) is 4.39 Å². The molecule has 128 valence electrons. The van der Waals surface area contributed by atoms with Crippen LogP contribution in [0.15, 0.2) is 46.0 Å². The van der Waals surface area contributed by atoms with Crippen LogP contribution < -0.4 is 4.74 Å². The van der Waals surface area contributed by atoms with Gasteiger partial charge in [0.2, 0.25) is 4.77 Å². The Hall–Kier alpha value is -2.52. The summed E-state index contributed by atoms with van der Waals surface area (Å²) in [6.45, 7) is 0. The molecule has 2 aromatic carbocycles. The molecule has 9 heteroatoms. The average molecular weight is 423 g/mol. The van der Waals surface area contributed by atoms with E-state index in [4.69, 9.17) is 17.0 Å². The van der Waals surface area contributed by atoms with Gasteiger partial charge in [0.15, 0.2) is 17.3 Å². The lowest BCUT2D eigenvalue weighted by Gasteiger charge is -2.06. The van der Waals surface area contributed by atoms with Gasteiger partial charge in [0.05, 0.1) is 17.8 Å². The van der Waals surface area contributed by atoms with E-state index in [-0.39, 0.29) is 11.6 Å². The van der Waals surface area contributed by atoms with Gasteiger partial charge in [-0.2, -0.15) is 14.9 Å². The number of phenols is 1. The molecule has 0 aliphatic carbocycles. The van der Waals surface area contributed by atoms with E-state index in [1.165, 1.54) is 23.9 Å². The molecule has 0 atom stereocenters. The number of rotatable bonds is 4. The van der Waals surface area contributed by atoms with Crippen molar-refractivity contribution >= 4 is 34.4 Å². The molecule has 3 rings (SSSR count). The van der Waals surface area contributed by atoms with Gasteiger partial charge in [0.1, 0.15) is 5.82 Å². The van der Waals surface area contributed by atoms with Crippen LogP contribution in [-0.2, 0) is 0 Å². The van der Waals surface area contributed by atoms with E-state index in [9.17, 15) is 9.50 Å². The smallest absolute Gasteiger partial charge is 0.216 e. The van der Waals surface area contributed by atoms with Crippen LogP contribution in [0.1, 0.15) is 5.56 Å². The Morgan fingerprint density at radius 2 is 2.08 bits per heavy atom. The fourth-order valence-corrected chi connectivity index (χ4v) is 2.77. The minimum atomic E-state index is -0.339. The van der Waals surface area contributed by atoms with Crippen molar-refractivity contribution in [3.63, 3.8) is 0 Å². The molecule has 3 aromatic rings. The van der Waals surface area contributed by atoms with Crippen molar-refractivity contribution in [2.24, 2.45) is 5.10 Å². The van der Waals surface area contributed by atoms with Crippen LogP contribution in [0, 0.1) is 10.6 Å². The number of nitrogens with zero attached hydrogens (tertiary/aromatic N) is 3. The molecule has 0 aliphatic heterocycles. The molecule has 1 aromatic heterocycles. The fraction of sp³-hybridized carbons (Fsp3) is 0.0625. The lowest BCUT2D eigenvalue weighted by Crippen LogP contribution is -1.96. The first-order valence-corrected chi connectivity index (χ1v) is 8.24. The standard InChI is InChI=1S/C16H12BrFN4O2S/c1-24-13-7-9(6-12(17)14(13)23)8-19-22-15(20-21-16(22)25)10-2-4-11(18)5-3-10/h2-8,23H,1H3,(H,21,25)/b19-8+. The van der Waals surface area contributed by atoms with E-state index in [1.54, 1.807) is 30.5 Å². The van der Waals surface area contributed by atoms with Gasteiger partial charge in [-0.25, -0.2) is 9.49 Å². The quantitative estimate of drug-likeness (QED) is 0.490. The summed E-state index contributed by atoms with van der Waals surface area (Å²) in [5, 5.41) is 21.0. The highest BCUT2D eigenvalue weighted by atomic mass is 79.9. The highest BCUT2D eigenvalue weighted by Gasteiger charge is 2.10. The lowest BCUT2D eigenvalue weighted by molar-refractivity contribution is 0.372. The second kappa shape index (κ2) is 7.16. The third-order valence-electron chi connectivity index (χ3n) is 3.35. The van der Waals surface area contributed by atoms with Crippen molar-refractivity contribution in [1.29, 1.82) is 0 Å². The van der Waals surface area contributed by atoms with Gasteiger partial charge in [-0.1, -0.05) is 0 Å². The number of ether oxygens (including phenoxy) is 1. The van der Waals surface area contributed by atoms with Crippen LogP contribution in [0.2, 0.25) is 0 Å². The first-order valence-electron chi connectivity index (χ1n) is 7.04. The largest absolute Gasteiger partial charge is 0.503 e. The van der Waals surface area contributed by atoms with Crippen LogP contribution in [0.3, 0.4) is 0 Å². The molecule has 0 saturated heterocycles. The molecule has 0 bridgehead atoms. The zero-order valence-corrected chi connectivity index (χ0v) is 15.3. The van der Waals surface area contributed by atoms with Crippen molar-refractivity contribution in [1.82, 2.24) is 14.9 Å². The second-order valence-corrected chi connectivity index (χ2v) is 6.21. The first kappa shape index (κ1) is 17.3. The Balaban J connectivity index is 2.00. The molecule has 2 N–H and O–H groups in total. The van der Waals surface area contributed by atoms with Gasteiger partial charge in [-0.3, -0.25) is 0 Å². The summed E-state index contributed by atoms with van der Waals surface area (Å²) < 4.78 is 20.4. The Kier molecular flexibility index (Phi) is 4.95. The molecule has 0 amide bonds. The summed E-state index contributed by atoms with van der Waals surface area (Å²) in [5.74, 6) is 0.428. The van der Waals surface area contributed by atoms with Crippen molar-refractivity contribution < 1.29 is 14.2 Å². The summed E-state index contributed by atoms with van der Waals surface area (Å²) in [6, 6.07) is 9.17. The van der Waals surface area contributed by atoms with Gasteiger partial charge in [-0.15, -0.1) is 0 Å². The number of halogens is 2. The Labute approximate surface area is 155 Å². The summed E-state index contributed by atoms with van der Waals surface area (Å²) >= 11 is 8.45. The third-order valence-corrected chi connectivity index (χ3v) is 4.21. The Bertz CT molecular complexity index is 998. The van der Waals surface area contributed by atoms with Crippen molar-refractivity contribution in [2.45, 2.75) is 0 Å². The molecule has 0 fully saturated rings. The van der Waals surface area contributed by atoms with Gasteiger partial charge in [0.25, 0.3) is 0 Å². The predicted octanol–water partition coefficient (Wildman–Crippen LogP) is 4.11. The third kappa shape index (κ3) is 3.62. The fourth-order valence-electron chi connectivity index (χ4n) is 2.13. The molecule has 0 spiro atoms.